The molecule has 0 aliphatic carbocycles. The number of aromatic nitrogens is 2. The first-order valence-electron chi connectivity index (χ1n) is 9.32. The van der Waals surface area contributed by atoms with Crippen LogP contribution in [0, 0.1) is 11.6 Å². The number of halogens is 2. The predicted octanol–water partition coefficient (Wildman–Crippen LogP) is 2.46. The third-order valence-electron chi connectivity index (χ3n) is 4.87. The maximum atomic E-state index is 14.0. The van der Waals surface area contributed by atoms with Gasteiger partial charge in [-0.3, -0.25) is 9.59 Å². The number of ether oxygens (including phenoxy) is 1. The third-order valence-corrected chi connectivity index (χ3v) is 5.84. The van der Waals surface area contributed by atoms with Crippen LogP contribution in [0.3, 0.4) is 0 Å². The van der Waals surface area contributed by atoms with Crippen molar-refractivity contribution in [2.45, 2.75) is 37.0 Å². The van der Waals surface area contributed by atoms with E-state index in [9.17, 15) is 18.4 Å². The first-order chi connectivity index (χ1) is 14.0. The fraction of sp³-hybridized carbons (Fsp3) is 0.421. The summed E-state index contributed by atoms with van der Waals surface area (Å²) in [6, 6.07) is 2.77. The summed E-state index contributed by atoms with van der Waals surface area (Å²) in [5.74, 6) is -1.01. The Balaban J connectivity index is 1.48. The van der Waals surface area contributed by atoms with E-state index in [4.69, 9.17) is 4.74 Å². The summed E-state index contributed by atoms with van der Waals surface area (Å²) in [6.07, 6.45) is 1.93. The lowest BCUT2D eigenvalue weighted by Crippen LogP contribution is -2.34. The Morgan fingerprint density at radius 1 is 1.31 bits per heavy atom. The standard InChI is InChI=1S/C19H20F2N4O3S/c20-11-3-4-13(15(21)6-11)19(27)23-18-14-9-29-10-16(14)24-25(18)8-17(26)22-7-12-2-1-5-28-12/h3-4,6,12H,1-2,5,7-10H2,(H,22,26)(H,23,27). The average molecular weight is 422 g/mol. The Morgan fingerprint density at radius 2 is 2.17 bits per heavy atom. The third kappa shape index (κ3) is 4.43. The van der Waals surface area contributed by atoms with Gasteiger partial charge in [0.1, 0.15) is 24.0 Å². The van der Waals surface area contributed by atoms with Crippen LogP contribution in [0.15, 0.2) is 18.2 Å². The zero-order valence-electron chi connectivity index (χ0n) is 15.5. The van der Waals surface area contributed by atoms with Crippen molar-refractivity contribution in [2.24, 2.45) is 0 Å². The number of hydrogen-bond donors (Lipinski definition) is 2. The van der Waals surface area contributed by atoms with Crippen molar-refractivity contribution >= 4 is 29.4 Å². The molecular formula is C19H20F2N4O3S. The van der Waals surface area contributed by atoms with E-state index in [0.29, 0.717) is 36.5 Å². The molecule has 7 nitrogen and oxygen atoms in total. The van der Waals surface area contributed by atoms with Gasteiger partial charge in [0.25, 0.3) is 5.91 Å². The van der Waals surface area contributed by atoms with Crippen molar-refractivity contribution in [1.82, 2.24) is 15.1 Å². The van der Waals surface area contributed by atoms with E-state index >= 15 is 0 Å². The average Bonchev–Trinajstić information content (AvgIpc) is 3.40. The molecule has 4 rings (SSSR count). The van der Waals surface area contributed by atoms with Gasteiger partial charge in [-0.05, 0) is 25.0 Å². The summed E-state index contributed by atoms with van der Waals surface area (Å²) < 4.78 is 34.0. The molecule has 2 aliphatic heterocycles. The van der Waals surface area contributed by atoms with Crippen molar-refractivity contribution in [3.8, 4) is 0 Å². The van der Waals surface area contributed by atoms with Gasteiger partial charge in [0.05, 0.1) is 17.4 Å². The molecule has 2 amide bonds. The van der Waals surface area contributed by atoms with Crippen molar-refractivity contribution in [1.29, 1.82) is 0 Å². The molecule has 1 saturated heterocycles. The topological polar surface area (TPSA) is 85.2 Å². The molecule has 1 aromatic carbocycles. The van der Waals surface area contributed by atoms with Crippen LogP contribution in [0.5, 0.6) is 0 Å². The monoisotopic (exact) mass is 422 g/mol. The molecule has 1 atom stereocenters. The largest absolute Gasteiger partial charge is 0.376 e. The van der Waals surface area contributed by atoms with Crippen LogP contribution in [0.4, 0.5) is 14.6 Å². The Labute approximate surface area is 170 Å². The molecule has 0 bridgehead atoms. The number of nitrogens with one attached hydrogen (secondary N) is 2. The molecule has 2 aromatic rings. The van der Waals surface area contributed by atoms with Crippen molar-refractivity contribution < 1.29 is 23.1 Å². The van der Waals surface area contributed by atoms with Crippen LogP contribution in [0.2, 0.25) is 0 Å². The molecule has 10 heteroatoms. The zero-order chi connectivity index (χ0) is 20.4. The Bertz CT molecular complexity index is 944. The molecule has 154 valence electrons. The molecule has 0 saturated carbocycles. The zero-order valence-corrected chi connectivity index (χ0v) is 16.4. The minimum Gasteiger partial charge on any atom is -0.376 e. The summed E-state index contributed by atoms with van der Waals surface area (Å²) in [4.78, 5) is 24.9. The second kappa shape index (κ2) is 8.50. The summed E-state index contributed by atoms with van der Waals surface area (Å²) >= 11 is 1.64. The Morgan fingerprint density at radius 3 is 2.93 bits per heavy atom. The van der Waals surface area contributed by atoms with Gasteiger partial charge in [0.2, 0.25) is 5.91 Å². The number of carbonyl (C=O) groups excluding carboxylic acids is 2. The lowest BCUT2D eigenvalue weighted by Gasteiger charge is -2.13. The number of rotatable bonds is 6. The highest BCUT2D eigenvalue weighted by Gasteiger charge is 2.26. The number of carbonyl (C=O) groups is 2. The molecule has 1 aromatic heterocycles. The molecule has 29 heavy (non-hydrogen) atoms. The number of thioether (sulfide) groups is 1. The van der Waals surface area contributed by atoms with Crippen LogP contribution >= 0.6 is 11.8 Å². The Hall–Kier alpha value is -2.46. The molecule has 2 N–H and O–H groups in total. The van der Waals surface area contributed by atoms with Crippen LogP contribution in [-0.4, -0.2) is 40.9 Å². The van der Waals surface area contributed by atoms with Gasteiger partial charge in [-0.2, -0.15) is 16.9 Å². The molecular weight excluding hydrogens is 402 g/mol. The van der Waals surface area contributed by atoms with E-state index in [2.05, 4.69) is 15.7 Å². The minimum atomic E-state index is -0.950. The van der Waals surface area contributed by atoms with E-state index < -0.39 is 17.5 Å². The molecule has 1 fully saturated rings. The highest BCUT2D eigenvalue weighted by molar-refractivity contribution is 7.98. The molecule has 0 spiro atoms. The second-order valence-corrected chi connectivity index (χ2v) is 7.93. The lowest BCUT2D eigenvalue weighted by molar-refractivity contribution is -0.122. The predicted molar refractivity (Wildman–Crippen MR) is 104 cm³/mol. The summed E-state index contributed by atoms with van der Waals surface area (Å²) in [5, 5.41) is 9.90. The smallest absolute Gasteiger partial charge is 0.259 e. The van der Waals surface area contributed by atoms with E-state index in [1.165, 1.54) is 4.68 Å². The molecule has 0 radical (unpaired) electrons. The highest BCUT2D eigenvalue weighted by atomic mass is 32.2. The molecule has 2 aliphatic rings. The van der Waals surface area contributed by atoms with Gasteiger partial charge in [0.15, 0.2) is 0 Å². The van der Waals surface area contributed by atoms with Crippen molar-refractivity contribution in [2.75, 3.05) is 18.5 Å². The molecule has 3 heterocycles. The summed E-state index contributed by atoms with van der Waals surface area (Å²) in [7, 11) is 0. The van der Waals surface area contributed by atoms with Gasteiger partial charge in [-0.25, -0.2) is 13.5 Å². The van der Waals surface area contributed by atoms with Gasteiger partial charge in [-0.1, -0.05) is 0 Å². The fourth-order valence-corrected chi connectivity index (χ4v) is 4.43. The van der Waals surface area contributed by atoms with Gasteiger partial charge >= 0.3 is 0 Å². The van der Waals surface area contributed by atoms with Crippen LogP contribution in [-0.2, 0) is 27.6 Å². The van der Waals surface area contributed by atoms with Crippen molar-refractivity contribution in [3.63, 3.8) is 0 Å². The van der Waals surface area contributed by atoms with Crippen LogP contribution in [0.1, 0.15) is 34.5 Å². The number of hydrogen-bond acceptors (Lipinski definition) is 5. The van der Waals surface area contributed by atoms with E-state index in [1.807, 2.05) is 0 Å². The number of amides is 2. The van der Waals surface area contributed by atoms with Crippen molar-refractivity contribution in [3.05, 3.63) is 46.7 Å². The first-order valence-corrected chi connectivity index (χ1v) is 10.5. The molecule has 1 unspecified atom stereocenters. The maximum Gasteiger partial charge on any atom is 0.259 e. The minimum absolute atomic E-state index is 0.0265. The number of fused-ring (bicyclic) bond motifs is 1. The lowest BCUT2D eigenvalue weighted by atomic mass is 10.2. The van der Waals surface area contributed by atoms with E-state index in [0.717, 1.165) is 36.2 Å². The summed E-state index contributed by atoms with van der Waals surface area (Å²) in [6.45, 7) is 1.06. The summed E-state index contributed by atoms with van der Waals surface area (Å²) in [5.41, 5.74) is 1.33. The number of benzene rings is 1. The number of anilines is 1. The second-order valence-electron chi connectivity index (χ2n) is 6.94. The van der Waals surface area contributed by atoms with E-state index in [-0.39, 0.29) is 24.1 Å². The van der Waals surface area contributed by atoms with Gasteiger partial charge in [0, 0.05) is 36.3 Å². The Kier molecular flexibility index (Phi) is 5.81. The quantitative estimate of drug-likeness (QED) is 0.747. The SMILES string of the molecule is O=C(Cn1nc2c(c1NC(=O)c1ccc(F)cc1F)CSC2)NCC1CCCO1. The normalized spacial score (nSPS) is 17.9. The van der Waals surface area contributed by atoms with Crippen LogP contribution in [0.25, 0.3) is 0 Å². The fourth-order valence-electron chi connectivity index (χ4n) is 3.39. The number of nitrogens with zero attached hydrogens (tertiary/aromatic N) is 2. The first kappa shape index (κ1) is 19.8. The van der Waals surface area contributed by atoms with E-state index in [1.54, 1.807) is 11.8 Å². The van der Waals surface area contributed by atoms with Gasteiger partial charge < -0.3 is 15.4 Å². The highest BCUT2D eigenvalue weighted by Crippen LogP contribution is 2.35. The van der Waals surface area contributed by atoms with Gasteiger partial charge in [-0.15, -0.1) is 0 Å². The maximum absolute atomic E-state index is 14.0. The van der Waals surface area contributed by atoms with Crippen LogP contribution < -0.4 is 10.6 Å².